The molecule has 11 heteroatoms. The van der Waals surface area contributed by atoms with Crippen molar-refractivity contribution in [3.63, 3.8) is 0 Å². The van der Waals surface area contributed by atoms with Gasteiger partial charge in [0.05, 0.1) is 35.5 Å². The molecule has 2 aromatic carbocycles. The van der Waals surface area contributed by atoms with Gasteiger partial charge in [-0.15, -0.1) is 0 Å². The Morgan fingerprint density at radius 3 is 2.56 bits per heavy atom. The van der Waals surface area contributed by atoms with Gasteiger partial charge in [0.2, 0.25) is 12.1 Å². The average Bonchev–Trinajstić information content (AvgIpc) is 3.21. The van der Waals surface area contributed by atoms with Crippen molar-refractivity contribution in [3.8, 4) is 0 Å². The Morgan fingerprint density at radius 1 is 1.08 bits per heavy atom. The van der Waals surface area contributed by atoms with Gasteiger partial charge in [-0.05, 0) is 18.9 Å². The van der Waals surface area contributed by atoms with Crippen LogP contribution in [-0.2, 0) is 14.3 Å². The summed E-state index contributed by atoms with van der Waals surface area (Å²) in [5.74, 6) is -1.48. The zero-order valence-corrected chi connectivity index (χ0v) is 20.9. The number of pyridine rings is 1. The lowest BCUT2D eigenvalue weighted by molar-refractivity contribution is -0.117. The minimum Gasteiger partial charge on any atom is -0.405 e. The van der Waals surface area contributed by atoms with Crippen molar-refractivity contribution < 1.29 is 18.7 Å². The maximum atomic E-state index is 14.2. The van der Waals surface area contributed by atoms with E-state index >= 15 is 0 Å². The van der Waals surface area contributed by atoms with Gasteiger partial charge in [0, 0.05) is 30.3 Å². The van der Waals surface area contributed by atoms with E-state index in [2.05, 4.69) is 20.6 Å². The number of hydrogen-bond acceptors (Lipinski definition) is 8. The van der Waals surface area contributed by atoms with Crippen LogP contribution in [0.1, 0.15) is 29.7 Å². The maximum absolute atomic E-state index is 14.2. The fraction of sp³-hybridized carbons (Fsp3) is 0.250. The van der Waals surface area contributed by atoms with Gasteiger partial charge < -0.3 is 25.0 Å². The lowest BCUT2D eigenvalue weighted by Crippen LogP contribution is -2.44. The van der Waals surface area contributed by atoms with E-state index in [1.54, 1.807) is 6.07 Å². The molecule has 2 bridgehead atoms. The summed E-state index contributed by atoms with van der Waals surface area (Å²) >= 11 is 0. The van der Waals surface area contributed by atoms with Crippen LogP contribution in [0.4, 0.5) is 15.8 Å². The Balaban J connectivity index is 1.23. The molecule has 10 nitrogen and oxygen atoms in total. The van der Waals surface area contributed by atoms with Crippen molar-refractivity contribution in [2.75, 3.05) is 23.3 Å². The number of amidine groups is 1. The van der Waals surface area contributed by atoms with Crippen LogP contribution in [0.3, 0.4) is 0 Å². The Labute approximate surface area is 223 Å². The van der Waals surface area contributed by atoms with Gasteiger partial charge in [-0.2, -0.15) is 0 Å². The number of amides is 1. The Bertz CT molecular complexity index is 1470. The molecule has 0 radical (unpaired) electrons. The number of aliphatic imine (C=N–C) groups is 1. The number of anilines is 2. The maximum Gasteiger partial charge on any atom is 0.290 e. The molecule has 3 atom stereocenters. The molecule has 3 aromatic rings. The third kappa shape index (κ3) is 5.08. The molecular weight excluding hydrogens is 501 g/mol. The molecule has 39 heavy (non-hydrogen) atoms. The standard InChI is InChI=1S/C28H26FN7O3/c29-17-12-22(36-14-18-10-11-19(15-36)38-18)24(32-13-17)25(30)39-28(31)35-26-27(37)33-21-9-5-4-8-20(21)23(34-26)16-6-2-1-3-7-16/h1-9,12-13,18-19,26,30H,10-11,14-15H2,(H2,31,35)(H,33,37)/t18?,19?,26-/m1/s1. The van der Waals surface area contributed by atoms with Crippen molar-refractivity contribution in [1.29, 1.82) is 10.8 Å². The number of para-hydroxylation sites is 1. The number of ether oxygens (including phenoxy) is 2. The molecule has 2 unspecified atom stereocenters. The van der Waals surface area contributed by atoms with E-state index < -0.39 is 29.8 Å². The average molecular weight is 528 g/mol. The molecule has 3 aliphatic rings. The molecule has 6 rings (SSSR count). The van der Waals surface area contributed by atoms with Crippen molar-refractivity contribution in [2.45, 2.75) is 31.2 Å². The normalized spacial score (nSPS) is 21.8. The van der Waals surface area contributed by atoms with Crippen LogP contribution in [-0.4, -0.2) is 60.0 Å². The SMILES string of the molecule is N=C(N[C@H]1N=C(c2ccccc2)c2ccccc2NC1=O)OC(=N)c1ncc(F)cc1N1CC2CCC(C1)O2. The largest absolute Gasteiger partial charge is 0.405 e. The number of benzene rings is 2. The number of carbonyl (C=O) groups is 1. The van der Waals surface area contributed by atoms with Crippen LogP contribution < -0.4 is 15.5 Å². The first-order valence-electron chi connectivity index (χ1n) is 12.7. The van der Waals surface area contributed by atoms with E-state index in [1.807, 2.05) is 53.4 Å². The fourth-order valence-electron chi connectivity index (χ4n) is 5.14. The number of morpholine rings is 1. The number of hydrogen-bond donors (Lipinski definition) is 4. The highest BCUT2D eigenvalue weighted by molar-refractivity contribution is 6.19. The smallest absolute Gasteiger partial charge is 0.290 e. The summed E-state index contributed by atoms with van der Waals surface area (Å²) in [5.41, 5.74) is 3.19. The summed E-state index contributed by atoms with van der Waals surface area (Å²) in [6.07, 6.45) is 1.76. The fourth-order valence-corrected chi connectivity index (χ4v) is 5.14. The zero-order chi connectivity index (χ0) is 26.9. The summed E-state index contributed by atoms with van der Waals surface area (Å²) in [6.45, 7) is 1.11. The highest BCUT2D eigenvalue weighted by Gasteiger charge is 2.35. The minimum atomic E-state index is -1.21. The number of halogens is 1. The molecule has 0 spiro atoms. The molecule has 4 heterocycles. The predicted octanol–water partition coefficient (Wildman–Crippen LogP) is 3.27. The summed E-state index contributed by atoms with van der Waals surface area (Å²) in [4.78, 5) is 23.7. The van der Waals surface area contributed by atoms with Crippen molar-refractivity contribution in [3.05, 3.63) is 89.5 Å². The number of fused-ring (bicyclic) bond motifs is 3. The van der Waals surface area contributed by atoms with Crippen LogP contribution in [0, 0.1) is 16.6 Å². The van der Waals surface area contributed by atoms with Gasteiger partial charge in [0.25, 0.3) is 11.9 Å². The third-order valence-corrected chi connectivity index (χ3v) is 6.90. The van der Waals surface area contributed by atoms with Crippen LogP contribution in [0.15, 0.2) is 71.9 Å². The Morgan fingerprint density at radius 2 is 1.79 bits per heavy atom. The monoisotopic (exact) mass is 527 g/mol. The number of nitrogens with one attached hydrogen (secondary N) is 4. The van der Waals surface area contributed by atoms with Gasteiger partial charge in [-0.25, -0.2) is 14.4 Å². The summed E-state index contributed by atoms with van der Waals surface area (Å²) < 4.78 is 25.5. The first kappa shape index (κ1) is 24.7. The van der Waals surface area contributed by atoms with Crippen LogP contribution in [0.25, 0.3) is 0 Å². The van der Waals surface area contributed by atoms with Crippen molar-refractivity contribution in [1.82, 2.24) is 10.3 Å². The molecule has 3 aliphatic heterocycles. The van der Waals surface area contributed by atoms with Crippen LogP contribution >= 0.6 is 0 Å². The van der Waals surface area contributed by atoms with E-state index in [1.165, 1.54) is 6.07 Å². The molecule has 1 amide bonds. The van der Waals surface area contributed by atoms with E-state index in [4.69, 9.17) is 20.3 Å². The van der Waals surface area contributed by atoms with Crippen LogP contribution in [0.5, 0.6) is 0 Å². The molecule has 1 aromatic heterocycles. The van der Waals surface area contributed by atoms with Crippen molar-refractivity contribution >= 4 is 34.9 Å². The molecule has 2 fully saturated rings. The highest BCUT2D eigenvalue weighted by Crippen LogP contribution is 2.31. The van der Waals surface area contributed by atoms with E-state index in [9.17, 15) is 9.18 Å². The second-order valence-electron chi connectivity index (χ2n) is 9.57. The molecule has 198 valence electrons. The van der Waals surface area contributed by atoms with Gasteiger partial charge in [-0.3, -0.25) is 15.6 Å². The minimum absolute atomic E-state index is 0.0458. The molecule has 0 saturated carbocycles. The van der Waals surface area contributed by atoms with Crippen LogP contribution in [0.2, 0.25) is 0 Å². The second-order valence-corrected chi connectivity index (χ2v) is 9.57. The number of nitrogens with zero attached hydrogens (tertiary/aromatic N) is 3. The number of carbonyl (C=O) groups excluding carboxylic acids is 1. The molecule has 2 saturated heterocycles. The van der Waals surface area contributed by atoms with Crippen molar-refractivity contribution in [2.24, 2.45) is 4.99 Å². The van der Waals surface area contributed by atoms with E-state index in [0.717, 1.165) is 30.2 Å². The number of benzodiazepines with no additional fused rings is 1. The number of aromatic nitrogens is 1. The summed E-state index contributed by atoms with van der Waals surface area (Å²) in [7, 11) is 0. The lowest BCUT2D eigenvalue weighted by Gasteiger charge is -2.34. The zero-order valence-electron chi connectivity index (χ0n) is 20.9. The summed E-state index contributed by atoms with van der Waals surface area (Å²) in [5, 5.41) is 22.4. The van der Waals surface area contributed by atoms with E-state index in [-0.39, 0.29) is 17.9 Å². The second kappa shape index (κ2) is 10.3. The van der Waals surface area contributed by atoms with E-state index in [0.29, 0.717) is 30.2 Å². The predicted molar refractivity (Wildman–Crippen MR) is 144 cm³/mol. The lowest BCUT2D eigenvalue weighted by atomic mass is 10.0. The molecular formula is C28H26FN7O3. The Kier molecular flexibility index (Phi) is 6.49. The highest BCUT2D eigenvalue weighted by atomic mass is 19.1. The Hall–Kier alpha value is -4.64. The quantitative estimate of drug-likeness (QED) is 0.304. The van der Waals surface area contributed by atoms with Gasteiger partial charge in [-0.1, -0.05) is 48.5 Å². The third-order valence-electron chi connectivity index (χ3n) is 6.90. The molecule has 0 aliphatic carbocycles. The van der Waals surface area contributed by atoms with Gasteiger partial charge in [0.1, 0.15) is 11.5 Å². The summed E-state index contributed by atoms with van der Waals surface area (Å²) in [6, 6.07) is 17.5. The van der Waals surface area contributed by atoms with Gasteiger partial charge in [0.15, 0.2) is 0 Å². The topological polar surface area (TPSA) is 136 Å². The molecule has 4 N–H and O–H groups in total. The number of rotatable bonds is 4. The first-order valence-corrected chi connectivity index (χ1v) is 12.7. The first-order chi connectivity index (χ1) is 18.9. The van der Waals surface area contributed by atoms with Gasteiger partial charge >= 0.3 is 0 Å².